The van der Waals surface area contributed by atoms with Gasteiger partial charge in [0.25, 0.3) is 5.91 Å². The van der Waals surface area contributed by atoms with E-state index in [1.165, 1.54) is 23.5 Å². The second kappa shape index (κ2) is 9.71. The van der Waals surface area contributed by atoms with Gasteiger partial charge in [-0.1, -0.05) is 22.0 Å². The lowest BCUT2D eigenvalue weighted by molar-refractivity contribution is -0.116. The average Bonchev–Trinajstić information content (AvgIpc) is 3.11. The lowest BCUT2D eigenvalue weighted by Gasteiger charge is -2.05. The van der Waals surface area contributed by atoms with Crippen molar-refractivity contribution in [3.8, 4) is 0 Å². The molecule has 0 saturated heterocycles. The summed E-state index contributed by atoms with van der Waals surface area (Å²) in [6.45, 7) is 0.180. The zero-order valence-corrected chi connectivity index (χ0v) is 17.4. The Morgan fingerprint density at radius 1 is 1.10 bits per heavy atom. The molecule has 2 N–H and O–H groups in total. The highest BCUT2D eigenvalue weighted by Gasteiger charge is 2.11. The van der Waals surface area contributed by atoms with E-state index in [9.17, 15) is 18.4 Å². The highest BCUT2D eigenvalue weighted by Crippen LogP contribution is 2.22. The van der Waals surface area contributed by atoms with Crippen LogP contribution in [0.5, 0.6) is 0 Å². The van der Waals surface area contributed by atoms with E-state index in [2.05, 4.69) is 31.5 Å². The largest absolute Gasteiger partial charge is 0.352 e. The summed E-state index contributed by atoms with van der Waals surface area (Å²) in [6, 6.07) is 10.3. The second-order valence-electron chi connectivity index (χ2n) is 6.11. The van der Waals surface area contributed by atoms with Gasteiger partial charge >= 0.3 is 0 Å². The highest BCUT2D eigenvalue weighted by atomic mass is 79.9. The minimum absolute atomic E-state index is 0.0871. The van der Waals surface area contributed by atoms with Crippen molar-refractivity contribution in [3.05, 3.63) is 80.8 Å². The first kappa shape index (κ1) is 21.1. The number of hydrogen-bond acceptors (Lipinski definition) is 4. The number of carbonyl (C=O) groups is 2. The van der Waals surface area contributed by atoms with Gasteiger partial charge in [-0.15, -0.1) is 11.3 Å². The van der Waals surface area contributed by atoms with Crippen molar-refractivity contribution in [2.24, 2.45) is 0 Å². The Labute approximate surface area is 178 Å². The van der Waals surface area contributed by atoms with Gasteiger partial charge < -0.3 is 10.6 Å². The predicted octanol–water partition coefficient (Wildman–Crippen LogP) is 4.53. The molecule has 2 amide bonds. The third-order valence-corrected chi connectivity index (χ3v) is 5.37. The number of aromatic nitrogens is 1. The Hall–Kier alpha value is -2.65. The zero-order chi connectivity index (χ0) is 20.8. The van der Waals surface area contributed by atoms with Gasteiger partial charge in [0.15, 0.2) is 5.13 Å². The first-order valence-electron chi connectivity index (χ1n) is 8.63. The van der Waals surface area contributed by atoms with Gasteiger partial charge in [-0.25, -0.2) is 13.8 Å². The van der Waals surface area contributed by atoms with Gasteiger partial charge in [0.05, 0.1) is 0 Å². The fourth-order valence-corrected chi connectivity index (χ4v) is 3.59. The number of benzene rings is 2. The second-order valence-corrected chi connectivity index (χ2v) is 8.14. The molecule has 0 saturated carbocycles. The standard InChI is InChI=1S/C20H16BrF2N3O2S/c21-14-4-1-12(2-5-14)19(28)24-8-7-18(27)26-20-25-11-16(29-20)9-13-3-6-15(22)10-17(13)23/h1-6,10-11H,7-9H2,(H,24,28)(H,25,26,27). The molecule has 5 nitrogen and oxygen atoms in total. The van der Waals surface area contributed by atoms with E-state index in [1.807, 2.05) is 0 Å². The van der Waals surface area contributed by atoms with Gasteiger partial charge in [-0.05, 0) is 35.9 Å². The Morgan fingerprint density at radius 2 is 1.86 bits per heavy atom. The highest BCUT2D eigenvalue weighted by molar-refractivity contribution is 9.10. The molecule has 0 unspecified atom stereocenters. The first-order chi connectivity index (χ1) is 13.9. The number of nitrogens with zero attached hydrogens (tertiary/aromatic N) is 1. The van der Waals surface area contributed by atoms with Crippen LogP contribution in [-0.2, 0) is 11.2 Å². The predicted molar refractivity (Wildman–Crippen MR) is 111 cm³/mol. The Morgan fingerprint density at radius 3 is 2.59 bits per heavy atom. The van der Waals surface area contributed by atoms with Crippen LogP contribution in [-0.4, -0.2) is 23.3 Å². The minimum Gasteiger partial charge on any atom is -0.352 e. The number of carbonyl (C=O) groups excluding carboxylic acids is 2. The Bertz CT molecular complexity index is 1020. The van der Waals surface area contributed by atoms with Crippen molar-refractivity contribution in [3.63, 3.8) is 0 Å². The van der Waals surface area contributed by atoms with Crippen LogP contribution < -0.4 is 10.6 Å². The number of amides is 2. The maximum Gasteiger partial charge on any atom is 0.251 e. The smallest absolute Gasteiger partial charge is 0.251 e. The summed E-state index contributed by atoms with van der Waals surface area (Å²) in [6.07, 6.45) is 1.88. The zero-order valence-electron chi connectivity index (χ0n) is 15.0. The van der Waals surface area contributed by atoms with E-state index in [-0.39, 0.29) is 31.2 Å². The van der Waals surface area contributed by atoms with Gasteiger partial charge in [-0.3, -0.25) is 9.59 Å². The number of thiazole rings is 1. The normalized spacial score (nSPS) is 10.6. The molecule has 0 fully saturated rings. The molecule has 1 heterocycles. The molecule has 9 heteroatoms. The van der Waals surface area contributed by atoms with Crippen LogP contribution in [0.25, 0.3) is 0 Å². The van der Waals surface area contributed by atoms with Crippen molar-refractivity contribution in [2.45, 2.75) is 12.8 Å². The topological polar surface area (TPSA) is 71.1 Å². The minimum atomic E-state index is -0.629. The molecule has 0 spiro atoms. The summed E-state index contributed by atoms with van der Waals surface area (Å²) in [5.41, 5.74) is 0.856. The third kappa shape index (κ3) is 6.16. The molecule has 1 aromatic heterocycles. The van der Waals surface area contributed by atoms with E-state index in [0.717, 1.165) is 15.4 Å². The fraction of sp³-hybridized carbons (Fsp3) is 0.150. The van der Waals surface area contributed by atoms with Crippen LogP contribution in [0.2, 0.25) is 0 Å². The summed E-state index contributed by atoms with van der Waals surface area (Å²) in [5.74, 6) is -1.81. The number of nitrogens with one attached hydrogen (secondary N) is 2. The van der Waals surface area contributed by atoms with Gasteiger partial charge in [0.1, 0.15) is 11.6 Å². The van der Waals surface area contributed by atoms with Crippen molar-refractivity contribution in [1.82, 2.24) is 10.3 Å². The van der Waals surface area contributed by atoms with Crippen LogP contribution in [0.3, 0.4) is 0 Å². The molecule has 0 aliphatic carbocycles. The van der Waals surface area contributed by atoms with Crippen molar-refractivity contribution < 1.29 is 18.4 Å². The number of halogens is 3. The summed E-state index contributed by atoms with van der Waals surface area (Å²) in [4.78, 5) is 28.9. The molecular formula is C20H16BrF2N3O2S. The lowest BCUT2D eigenvalue weighted by Crippen LogP contribution is -2.27. The number of rotatable bonds is 7. The molecule has 0 aliphatic rings. The number of anilines is 1. The molecule has 3 rings (SSSR count). The van der Waals surface area contributed by atoms with Crippen LogP contribution in [0.4, 0.5) is 13.9 Å². The van der Waals surface area contributed by atoms with Crippen LogP contribution in [0.15, 0.2) is 53.1 Å². The molecule has 3 aromatic rings. The van der Waals surface area contributed by atoms with E-state index in [1.54, 1.807) is 30.5 Å². The van der Waals surface area contributed by atoms with Crippen LogP contribution in [0.1, 0.15) is 27.2 Å². The molecule has 0 atom stereocenters. The van der Waals surface area contributed by atoms with Crippen LogP contribution >= 0.6 is 27.3 Å². The fourth-order valence-electron chi connectivity index (χ4n) is 2.47. The molecule has 2 aromatic carbocycles. The van der Waals surface area contributed by atoms with E-state index in [4.69, 9.17) is 0 Å². The Balaban J connectivity index is 1.46. The maximum atomic E-state index is 13.7. The lowest BCUT2D eigenvalue weighted by atomic mass is 10.1. The van der Waals surface area contributed by atoms with Crippen LogP contribution in [0, 0.1) is 11.6 Å². The summed E-state index contributed by atoms with van der Waals surface area (Å²) in [7, 11) is 0. The third-order valence-electron chi connectivity index (χ3n) is 3.92. The summed E-state index contributed by atoms with van der Waals surface area (Å²) < 4.78 is 27.6. The molecule has 0 bridgehead atoms. The quantitative estimate of drug-likeness (QED) is 0.522. The van der Waals surface area contributed by atoms with Gasteiger partial charge in [0.2, 0.25) is 5.91 Å². The van der Waals surface area contributed by atoms with Gasteiger partial charge in [0, 0.05) is 46.6 Å². The molecule has 29 heavy (non-hydrogen) atoms. The maximum absolute atomic E-state index is 13.7. The van der Waals surface area contributed by atoms with Crippen molar-refractivity contribution in [2.75, 3.05) is 11.9 Å². The van der Waals surface area contributed by atoms with E-state index >= 15 is 0 Å². The molecular weight excluding hydrogens is 464 g/mol. The molecule has 150 valence electrons. The first-order valence-corrected chi connectivity index (χ1v) is 10.2. The van der Waals surface area contributed by atoms with Gasteiger partial charge in [-0.2, -0.15) is 0 Å². The average molecular weight is 480 g/mol. The molecule has 0 aliphatic heterocycles. The Kier molecular flexibility index (Phi) is 7.05. The SMILES string of the molecule is O=C(CCNC(=O)c1ccc(Br)cc1)Nc1ncc(Cc2ccc(F)cc2F)s1. The summed E-state index contributed by atoms with van der Waals surface area (Å²) >= 11 is 4.51. The summed E-state index contributed by atoms with van der Waals surface area (Å²) in [5, 5.41) is 5.71. The van der Waals surface area contributed by atoms with E-state index in [0.29, 0.717) is 16.3 Å². The number of hydrogen-bond donors (Lipinski definition) is 2. The van der Waals surface area contributed by atoms with E-state index < -0.39 is 11.6 Å². The van der Waals surface area contributed by atoms with Crippen molar-refractivity contribution in [1.29, 1.82) is 0 Å². The van der Waals surface area contributed by atoms with Crippen molar-refractivity contribution >= 4 is 44.2 Å². The molecule has 0 radical (unpaired) electrons. The monoisotopic (exact) mass is 479 g/mol.